The summed E-state index contributed by atoms with van der Waals surface area (Å²) in [5, 5.41) is 0. The molecular formula is C12H14F2N2O. The predicted molar refractivity (Wildman–Crippen MR) is 59.5 cm³/mol. The summed E-state index contributed by atoms with van der Waals surface area (Å²) in [4.78, 5) is 13.5. The molecule has 0 saturated carbocycles. The average Bonchev–Trinajstić information content (AvgIpc) is 2.33. The van der Waals surface area contributed by atoms with Crippen molar-refractivity contribution in [3.05, 3.63) is 35.4 Å². The van der Waals surface area contributed by atoms with E-state index in [0.717, 1.165) is 6.07 Å². The Labute approximate surface area is 98.2 Å². The zero-order chi connectivity index (χ0) is 12.4. The van der Waals surface area contributed by atoms with Gasteiger partial charge in [-0.05, 0) is 25.0 Å². The number of hydrogen-bond donors (Lipinski definition) is 1. The van der Waals surface area contributed by atoms with Crippen molar-refractivity contribution >= 4 is 5.91 Å². The number of nitrogens with two attached hydrogens (primary N) is 1. The Morgan fingerprint density at radius 1 is 1.29 bits per heavy atom. The van der Waals surface area contributed by atoms with Crippen LogP contribution in [0.5, 0.6) is 0 Å². The molecule has 5 heteroatoms. The van der Waals surface area contributed by atoms with Crippen LogP contribution in [0.3, 0.4) is 0 Å². The van der Waals surface area contributed by atoms with Crippen molar-refractivity contribution in [2.45, 2.75) is 18.9 Å². The summed E-state index contributed by atoms with van der Waals surface area (Å²) in [6, 6.07) is 3.73. The standard InChI is InChI=1S/C12H14F2N2O/c13-10-3-1-2-9(11(10)14)12(17)16-6-4-8(15)5-7-16/h1-3,8H,4-7,15H2. The van der Waals surface area contributed by atoms with Gasteiger partial charge in [0, 0.05) is 19.1 Å². The number of carbonyl (C=O) groups excluding carboxylic acids is 1. The van der Waals surface area contributed by atoms with Gasteiger partial charge in [0.05, 0.1) is 5.56 Å². The first-order valence-electron chi connectivity index (χ1n) is 5.58. The summed E-state index contributed by atoms with van der Waals surface area (Å²) in [5.74, 6) is -2.54. The number of benzene rings is 1. The fourth-order valence-electron chi connectivity index (χ4n) is 1.94. The Morgan fingerprint density at radius 3 is 2.59 bits per heavy atom. The SMILES string of the molecule is NC1CCN(C(=O)c2cccc(F)c2F)CC1. The van der Waals surface area contributed by atoms with Gasteiger partial charge in [0.25, 0.3) is 5.91 Å². The highest BCUT2D eigenvalue weighted by molar-refractivity contribution is 5.94. The molecule has 1 aromatic rings. The molecule has 1 aromatic carbocycles. The minimum absolute atomic E-state index is 0.0939. The maximum atomic E-state index is 13.4. The second-order valence-electron chi connectivity index (χ2n) is 4.23. The topological polar surface area (TPSA) is 46.3 Å². The number of halogens is 2. The number of rotatable bonds is 1. The monoisotopic (exact) mass is 240 g/mol. The molecule has 1 saturated heterocycles. The number of hydrogen-bond acceptors (Lipinski definition) is 2. The Kier molecular flexibility index (Phi) is 3.38. The molecule has 0 aliphatic carbocycles. The number of amides is 1. The fraction of sp³-hybridized carbons (Fsp3) is 0.417. The van der Waals surface area contributed by atoms with Crippen molar-refractivity contribution in [3.8, 4) is 0 Å². The van der Waals surface area contributed by atoms with Crippen molar-refractivity contribution in [1.29, 1.82) is 0 Å². The molecule has 0 radical (unpaired) electrons. The van der Waals surface area contributed by atoms with Crippen LogP contribution in [0.4, 0.5) is 8.78 Å². The van der Waals surface area contributed by atoms with E-state index in [0.29, 0.717) is 25.9 Å². The first kappa shape index (κ1) is 12.0. The van der Waals surface area contributed by atoms with Crippen LogP contribution in [0.2, 0.25) is 0 Å². The van der Waals surface area contributed by atoms with Crippen molar-refractivity contribution in [1.82, 2.24) is 4.90 Å². The Bertz CT molecular complexity index is 429. The lowest BCUT2D eigenvalue weighted by Gasteiger charge is -2.30. The highest BCUT2D eigenvalue weighted by Gasteiger charge is 2.24. The molecule has 0 atom stereocenters. The second-order valence-corrected chi connectivity index (χ2v) is 4.23. The predicted octanol–water partition coefficient (Wildman–Crippen LogP) is 1.53. The van der Waals surface area contributed by atoms with Gasteiger partial charge in [0.15, 0.2) is 11.6 Å². The maximum Gasteiger partial charge on any atom is 0.256 e. The largest absolute Gasteiger partial charge is 0.338 e. The van der Waals surface area contributed by atoms with Crippen LogP contribution in [0.1, 0.15) is 23.2 Å². The average molecular weight is 240 g/mol. The molecule has 92 valence electrons. The molecule has 17 heavy (non-hydrogen) atoms. The first-order chi connectivity index (χ1) is 8.09. The van der Waals surface area contributed by atoms with Crippen LogP contribution in [-0.2, 0) is 0 Å². The molecule has 1 fully saturated rings. The van der Waals surface area contributed by atoms with Crippen molar-refractivity contribution < 1.29 is 13.6 Å². The molecule has 0 spiro atoms. The van der Waals surface area contributed by atoms with E-state index in [9.17, 15) is 13.6 Å². The quantitative estimate of drug-likeness (QED) is 0.809. The van der Waals surface area contributed by atoms with Gasteiger partial charge in [0.2, 0.25) is 0 Å². The van der Waals surface area contributed by atoms with Crippen molar-refractivity contribution in [2.75, 3.05) is 13.1 Å². The molecule has 1 amide bonds. The van der Waals surface area contributed by atoms with Gasteiger partial charge in [-0.2, -0.15) is 0 Å². The molecule has 0 aromatic heterocycles. The van der Waals surface area contributed by atoms with Crippen molar-refractivity contribution in [3.63, 3.8) is 0 Å². The fourth-order valence-corrected chi connectivity index (χ4v) is 1.94. The van der Waals surface area contributed by atoms with Gasteiger partial charge in [0.1, 0.15) is 0 Å². The van der Waals surface area contributed by atoms with Crippen LogP contribution in [0.25, 0.3) is 0 Å². The van der Waals surface area contributed by atoms with Gasteiger partial charge in [-0.15, -0.1) is 0 Å². The summed E-state index contributed by atoms with van der Waals surface area (Å²) in [5.41, 5.74) is 5.51. The van der Waals surface area contributed by atoms with E-state index >= 15 is 0 Å². The smallest absolute Gasteiger partial charge is 0.256 e. The molecule has 1 aliphatic rings. The van der Waals surface area contributed by atoms with E-state index < -0.39 is 17.5 Å². The van der Waals surface area contributed by atoms with Crippen LogP contribution >= 0.6 is 0 Å². The van der Waals surface area contributed by atoms with Crippen LogP contribution < -0.4 is 5.73 Å². The summed E-state index contributed by atoms with van der Waals surface area (Å²) >= 11 is 0. The van der Waals surface area contributed by atoms with Gasteiger partial charge in [-0.25, -0.2) is 8.78 Å². The number of carbonyl (C=O) groups is 1. The summed E-state index contributed by atoms with van der Waals surface area (Å²) in [6.45, 7) is 0.992. The lowest BCUT2D eigenvalue weighted by atomic mass is 10.0. The third kappa shape index (κ3) is 2.44. The molecule has 1 heterocycles. The number of piperidine rings is 1. The van der Waals surface area contributed by atoms with Gasteiger partial charge < -0.3 is 10.6 Å². The van der Waals surface area contributed by atoms with Crippen LogP contribution in [0, 0.1) is 11.6 Å². The molecular weight excluding hydrogens is 226 g/mol. The summed E-state index contributed by atoms with van der Waals surface area (Å²) in [7, 11) is 0. The molecule has 3 nitrogen and oxygen atoms in total. The lowest BCUT2D eigenvalue weighted by Crippen LogP contribution is -2.43. The highest BCUT2D eigenvalue weighted by atomic mass is 19.2. The van der Waals surface area contributed by atoms with Crippen LogP contribution in [0.15, 0.2) is 18.2 Å². The molecule has 2 N–H and O–H groups in total. The Hall–Kier alpha value is -1.49. The van der Waals surface area contributed by atoms with E-state index in [-0.39, 0.29) is 11.6 Å². The normalized spacial score (nSPS) is 17.2. The van der Waals surface area contributed by atoms with E-state index in [2.05, 4.69) is 0 Å². The minimum atomic E-state index is -1.08. The van der Waals surface area contributed by atoms with E-state index in [1.165, 1.54) is 17.0 Å². The number of likely N-dealkylation sites (tertiary alicyclic amines) is 1. The minimum Gasteiger partial charge on any atom is -0.338 e. The van der Waals surface area contributed by atoms with E-state index in [1.807, 2.05) is 0 Å². The van der Waals surface area contributed by atoms with Crippen LogP contribution in [-0.4, -0.2) is 29.9 Å². The zero-order valence-electron chi connectivity index (χ0n) is 9.33. The third-order valence-electron chi connectivity index (χ3n) is 3.01. The highest BCUT2D eigenvalue weighted by Crippen LogP contribution is 2.16. The Morgan fingerprint density at radius 2 is 1.94 bits per heavy atom. The number of nitrogens with zero attached hydrogens (tertiary/aromatic N) is 1. The lowest BCUT2D eigenvalue weighted by molar-refractivity contribution is 0.0709. The third-order valence-corrected chi connectivity index (χ3v) is 3.01. The van der Waals surface area contributed by atoms with Gasteiger partial charge in [-0.3, -0.25) is 4.79 Å². The molecule has 0 unspecified atom stereocenters. The van der Waals surface area contributed by atoms with Gasteiger partial charge in [-0.1, -0.05) is 6.07 Å². The molecule has 2 rings (SSSR count). The second kappa shape index (κ2) is 4.79. The van der Waals surface area contributed by atoms with Crippen molar-refractivity contribution in [2.24, 2.45) is 5.73 Å². The first-order valence-corrected chi connectivity index (χ1v) is 5.58. The molecule has 1 aliphatic heterocycles. The maximum absolute atomic E-state index is 13.4. The van der Waals surface area contributed by atoms with E-state index in [4.69, 9.17) is 5.73 Å². The summed E-state index contributed by atoms with van der Waals surface area (Å²) < 4.78 is 26.4. The summed E-state index contributed by atoms with van der Waals surface area (Å²) in [6.07, 6.45) is 1.39. The molecule has 0 bridgehead atoms. The Balaban J connectivity index is 2.17. The van der Waals surface area contributed by atoms with Gasteiger partial charge >= 0.3 is 0 Å². The zero-order valence-corrected chi connectivity index (χ0v) is 9.33. The van der Waals surface area contributed by atoms with E-state index in [1.54, 1.807) is 0 Å².